The number of nitrogens with one attached hydrogen (secondary N) is 1. The van der Waals surface area contributed by atoms with Crippen molar-refractivity contribution in [2.75, 3.05) is 18.9 Å². The molecule has 1 amide bonds. The van der Waals surface area contributed by atoms with Gasteiger partial charge in [-0.1, -0.05) is 24.3 Å². The number of carbonyl (C=O) groups is 1. The molecule has 1 N–H and O–H groups in total. The maximum Gasteiger partial charge on any atom is 0.271 e. The molecular formula is C19H22FN3O3. The molecule has 0 saturated heterocycles. The topological polar surface area (TPSA) is 75.5 Å². The van der Waals surface area contributed by atoms with Gasteiger partial charge in [-0.15, -0.1) is 0 Å². The molecule has 2 aromatic rings. The van der Waals surface area contributed by atoms with Gasteiger partial charge in [-0.3, -0.25) is 19.8 Å². The zero-order chi connectivity index (χ0) is 19.3. The van der Waals surface area contributed by atoms with Gasteiger partial charge in [-0.25, -0.2) is 4.39 Å². The second-order valence-corrected chi connectivity index (χ2v) is 6.23. The van der Waals surface area contributed by atoms with Crippen molar-refractivity contribution in [2.24, 2.45) is 0 Å². The Balaban J connectivity index is 1.95. The summed E-state index contributed by atoms with van der Waals surface area (Å²) in [6.45, 7) is 4.07. The summed E-state index contributed by atoms with van der Waals surface area (Å²) in [4.78, 5) is 24.4. The van der Waals surface area contributed by atoms with Crippen LogP contribution in [0.15, 0.2) is 42.5 Å². The zero-order valence-electron chi connectivity index (χ0n) is 15.0. The Bertz CT molecular complexity index is 810. The van der Waals surface area contributed by atoms with Crippen molar-refractivity contribution in [1.29, 1.82) is 0 Å². The minimum absolute atomic E-state index is 0.0730. The number of carbonyl (C=O) groups excluding carboxylic acids is 1. The third-order valence-corrected chi connectivity index (χ3v) is 4.41. The number of nitro benzene ring substituents is 1. The zero-order valence-corrected chi connectivity index (χ0v) is 15.0. The van der Waals surface area contributed by atoms with E-state index >= 15 is 0 Å². The number of amides is 1. The standard InChI is InChI=1S/C19H22FN3O3/c1-13-8-9-15(23(25)26)12-18(13)21-19(24)10-11-22(3)14(2)16-6-4-5-7-17(16)20/h4-9,12,14H,10-11H2,1-3H3,(H,21,24). The first-order chi connectivity index (χ1) is 12.3. The average Bonchev–Trinajstić information content (AvgIpc) is 2.61. The number of hydrogen-bond donors (Lipinski definition) is 1. The summed E-state index contributed by atoms with van der Waals surface area (Å²) in [6.07, 6.45) is 0.192. The fraction of sp³-hybridized carbons (Fsp3) is 0.316. The van der Waals surface area contributed by atoms with E-state index in [2.05, 4.69) is 5.32 Å². The van der Waals surface area contributed by atoms with E-state index in [0.717, 1.165) is 5.56 Å². The highest BCUT2D eigenvalue weighted by Crippen LogP contribution is 2.23. The average molecular weight is 359 g/mol. The Hall–Kier alpha value is -2.80. The Morgan fingerprint density at radius 3 is 2.65 bits per heavy atom. The summed E-state index contributed by atoms with van der Waals surface area (Å²) >= 11 is 0. The van der Waals surface area contributed by atoms with Crippen molar-refractivity contribution < 1.29 is 14.1 Å². The molecule has 0 fully saturated rings. The molecule has 0 radical (unpaired) electrons. The molecule has 0 saturated carbocycles. The van der Waals surface area contributed by atoms with Gasteiger partial charge in [0.2, 0.25) is 5.91 Å². The number of hydrogen-bond acceptors (Lipinski definition) is 4. The maximum absolute atomic E-state index is 13.9. The molecule has 1 unspecified atom stereocenters. The van der Waals surface area contributed by atoms with Crippen molar-refractivity contribution >= 4 is 17.3 Å². The molecule has 0 aliphatic carbocycles. The lowest BCUT2D eigenvalue weighted by molar-refractivity contribution is -0.384. The summed E-state index contributed by atoms with van der Waals surface area (Å²) in [6, 6.07) is 10.7. The van der Waals surface area contributed by atoms with Crippen LogP contribution in [-0.4, -0.2) is 29.3 Å². The van der Waals surface area contributed by atoms with Crippen LogP contribution in [0.5, 0.6) is 0 Å². The summed E-state index contributed by atoms with van der Waals surface area (Å²) in [5.74, 6) is -0.523. The van der Waals surface area contributed by atoms with E-state index in [9.17, 15) is 19.3 Å². The molecule has 0 spiro atoms. The molecule has 2 aromatic carbocycles. The van der Waals surface area contributed by atoms with E-state index in [1.165, 1.54) is 18.2 Å². The number of anilines is 1. The highest BCUT2D eigenvalue weighted by molar-refractivity contribution is 5.92. The third-order valence-electron chi connectivity index (χ3n) is 4.41. The Labute approximate surface area is 151 Å². The summed E-state index contributed by atoms with van der Waals surface area (Å²) in [5, 5.41) is 13.6. The van der Waals surface area contributed by atoms with Gasteiger partial charge >= 0.3 is 0 Å². The number of halogens is 1. The van der Waals surface area contributed by atoms with E-state index in [1.807, 2.05) is 18.9 Å². The van der Waals surface area contributed by atoms with E-state index in [0.29, 0.717) is 17.8 Å². The molecule has 138 valence electrons. The molecule has 0 aliphatic heterocycles. The molecule has 6 nitrogen and oxygen atoms in total. The van der Waals surface area contributed by atoms with Crippen molar-refractivity contribution in [2.45, 2.75) is 26.3 Å². The first kappa shape index (κ1) is 19.5. The third kappa shape index (κ3) is 4.86. The fourth-order valence-electron chi connectivity index (χ4n) is 2.59. The Morgan fingerprint density at radius 1 is 1.31 bits per heavy atom. The van der Waals surface area contributed by atoms with Gasteiger partial charge in [0.15, 0.2) is 0 Å². The van der Waals surface area contributed by atoms with Crippen LogP contribution in [0.1, 0.15) is 30.5 Å². The van der Waals surface area contributed by atoms with Gasteiger partial charge in [-0.2, -0.15) is 0 Å². The van der Waals surface area contributed by atoms with Crippen molar-refractivity contribution in [3.05, 3.63) is 69.5 Å². The van der Waals surface area contributed by atoms with Crippen LogP contribution in [0, 0.1) is 22.9 Å². The largest absolute Gasteiger partial charge is 0.326 e. The minimum Gasteiger partial charge on any atom is -0.326 e. The van der Waals surface area contributed by atoms with Crippen LogP contribution in [0.25, 0.3) is 0 Å². The molecule has 1 atom stereocenters. The first-order valence-corrected chi connectivity index (χ1v) is 8.29. The second-order valence-electron chi connectivity index (χ2n) is 6.23. The second kappa shape index (κ2) is 8.53. The molecule has 0 heterocycles. The molecule has 0 aromatic heterocycles. The van der Waals surface area contributed by atoms with Crippen molar-refractivity contribution in [3.63, 3.8) is 0 Å². The quantitative estimate of drug-likeness (QED) is 0.597. The predicted octanol–water partition coefficient (Wildman–Crippen LogP) is 4.06. The molecule has 0 bridgehead atoms. The van der Waals surface area contributed by atoms with Crippen LogP contribution in [0.2, 0.25) is 0 Å². The van der Waals surface area contributed by atoms with Gasteiger partial charge in [0, 0.05) is 36.7 Å². The first-order valence-electron chi connectivity index (χ1n) is 8.29. The van der Waals surface area contributed by atoms with Crippen LogP contribution >= 0.6 is 0 Å². The lowest BCUT2D eigenvalue weighted by Gasteiger charge is -2.25. The predicted molar refractivity (Wildman–Crippen MR) is 98.5 cm³/mol. The molecule has 0 aliphatic rings. The molecule has 2 rings (SSSR count). The summed E-state index contributed by atoms with van der Waals surface area (Å²) in [5.41, 5.74) is 1.67. The molecule has 7 heteroatoms. The monoisotopic (exact) mass is 359 g/mol. The normalized spacial score (nSPS) is 12.0. The highest BCUT2D eigenvalue weighted by atomic mass is 19.1. The van der Waals surface area contributed by atoms with E-state index in [1.54, 1.807) is 31.2 Å². The van der Waals surface area contributed by atoms with Gasteiger partial charge in [0.1, 0.15) is 5.82 Å². The van der Waals surface area contributed by atoms with Crippen LogP contribution in [0.4, 0.5) is 15.8 Å². The number of nitro groups is 1. The SMILES string of the molecule is Cc1ccc([N+](=O)[O-])cc1NC(=O)CCN(C)C(C)c1ccccc1F. The number of rotatable bonds is 7. The minimum atomic E-state index is -0.501. The number of benzene rings is 2. The van der Waals surface area contributed by atoms with Crippen molar-refractivity contribution in [3.8, 4) is 0 Å². The number of non-ortho nitro benzene ring substituents is 1. The fourth-order valence-corrected chi connectivity index (χ4v) is 2.59. The van der Waals surface area contributed by atoms with Crippen LogP contribution in [-0.2, 0) is 4.79 Å². The Kier molecular flexibility index (Phi) is 6.41. The van der Waals surface area contributed by atoms with Gasteiger partial charge in [0.05, 0.1) is 10.6 Å². The number of aryl methyl sites for hydroxylation is 1. The van der Waals surface area contributed by atoms with E-state index < -0.39 is 4.92 Å². The lowest BCUT2D eigenvalue weighted by atomic mass is 10.1. The summed E-state index contributed by atoms with van der Waals surface area (Å²) < 4.78 is 13.9. The van der Waals surface area contributed by atoms with Gasteiger partial charge in [0.25, 0.3) is 5.69 Å². The maximum atomic E-state index is 13.9. The van der Waals surface area contributed by atoms with Crippen molar-refractivity contribution in [1.82, 2.24) is 4.90 Å². The number of nitrogens with zero attached hydrogens (tertiary/aromatic N) is 2. The van der Waals surface area contributed by atoms with Gasteiger partial charge < -0.3 is 5.32 Å². The van der Waals surface area contributed by atoms with Crippen LogP contribution in [0.3, 0.4) is 0 Å². The van der Waals surface area contributed by atoms with Gasteiger partial charge in [-0.05, 0) is 32.5 Å². The molecular weight excluding hydrogens is 337 g/mol. The highest BCUT2D eigenvalue weighted by Gasteiger charge is 2.17. The van der Waals surface area contributed by atoms with Crippen LogP contribution < -0.4 is 5.32 Å². The van der Waals surface area contributed by atoms with E-state index in [4.69, 9.17) is 0 Å². The smallest absolute Gasteiger partial charge is 0.271 e. The lowest BCUT2D eigenvalue weighted by Crippen LogP contribution is -2.27. The van der Waals surface area contributed by atoms with E-state index in [-0.39, 0.29) is 29.9 Å². The summed E-state index contributed by atoms with van der Waals surface area (Å²) in [7, 11) is 1.82. The molecule has 26 heavy (non-hydrogen) atoms. The Morgan fingerprint density at radius 2 is 2.00 bits per heavy atom.